The van der Waals surface area contributed by atoms with Crippen molar-refractivity contribution in [3.8, 4) is 0 Å². The van der Waals surface area contributed by atoms with Gasteiger partial charge in [-0.25, -0.2) is 0 Å². The second-order valence-electron chi connectivity index (χ2n) is 12.3. The van der Waals surface area contributed by atoms with Crippen LogP contribution in [0.2, 0.25) is 0 Å². The van der Waals surface area contributed by atoms with Crippen molar-refractivity contribution in [2.24, 2.45) is 17.8 Å². The minimum atomic E-state index is -0.711. The van der Waals surface area contributed by atoms with E-state index in [4.69, 9.17) is 14.6 Å². The van der Waals surface area contributed by atoms with Crippen molar-refractivity contribution < 1.29 is 29.9 Å². The number of methoxy groups -OCH3 is 1. The summed E-state index contributed by atoms with van der Waals surface area (Å²) in [5, 5.41) is 39.8. The molecule has 0 aromatic carbocycles. The molecule has 6 heteroatoms. The third-order valence-corrected chi connectivity index (χ3v) is 8.39. The molecule has 1 rings (SSSR count). The van der Waals surface area contributed by atoms with Gasteiger partial charge in [0.25, 0.3) is 0 Å². The Morgan fingerprint density at radius 1 is 0.914 bits per heavy atom. The normalized spacial score (nSPS) is 25.8. The van der Waals surface area contributed by atoms with Crippen molar-refractivity contribution in [2.75, 3.05) is 13.7 Å². The standard InChI is InChI=1S/C29H58O6/c1-8-25(32)23(4)27-26(35-27)20-28(5,33)15-9-11-21(2)19-22(3)12-10-16-29(6,34-7)17-13-24(31)14-18-30/h21-27,30-33H,8-20H2,1-7H3. The zero-order valence-electron chi connectivity index (χ0n) is 23.8. The summed E-state index contributed by atoms with van der Waals surface area (Å²) in [5.74, 6) is 1.41. The highest BCUT2D eigenvalue weighted by atomic mass is 16.6. The summed E-state index contributed by atoms with van der Waals surface area (Å²) < 4.78 is 11.5. The Balaban J connectivity index is 2.24. The Hall–Kier alpha value is -0.240. The van der Waals surface area contributed by atoms with E-state index >= 15 is 0 Å². The minimum Gasteiger partial charge on any atom is -0.396 e. The Labute approximate surface area is 215 Å². The summed E-state index contributed by atoms with van der Waals surface area (Å²) in [6, 6.07) is 0. The van der Waals surface area contributed by atoms with E-state index in [0.717, 1.165) is 44.9 Å². The first-order chi connectivity index (χ1) is 16.4. The van der Waals surface area contributed by atoms with E-state index < -0.39 is 11.7 Å². The Morgan fingerprint density at radius 3 is 2.06 bits per heavy atom. The number of hydrogen-bond donors (Lipinski definition) is 4. The van der Waals surface area contributed by atoms with Crippen LogP contribution in [0, 0.1) is 17.8 Å². The molecule has 1 fully saturated rings. The molecule has 1 aliphatic heterocycles. The molecule has 210 valence electrons. The van der Waals surface area contributed by atoms with Gasteiger partial charge in [-0.3, -0.25) is 0 Å². The molecule has 35 heavy (non-hydrogen) atoms. The van der Waals surface area contributed by atoms with Gasteiger partial charge in [0.05, 0.1) is 35.6 Å². The van der Waals surface area contributed by atoms with Crippen molar-refractivity contribution in [3.63, 3.8) is 0 Å². The van der Waals surface area contributed by atoms with Gasteiger partial charge >= 0.3 is 0 Å². The maximum absolute atomic E-state index is 10.9. The van der Waals surface area contributed by atoms with Crippen LogP contribution in [0.25, 0.3) is 0 Å². The molecule has 1 aliphatic rings. The number of hydrogen-bond acceptors (Lipinski definition) is 6. The summed E-state index contributed by atoms with van der Waals surface area (Å²) in [4.78, 5) is 0. The molecule has 0 aromatic heterocycles. The van der Waals surface area contributed by atoms with Crippen LogP contribution in [0.3, 0.4) is 0 Å². The highest BCUT2D eigenvalue weighted by Crippen LogP contribution is 2.38. The molecule has 6 nitrogen and oxygen atoms in total. The smallest absolute Gasteiger partial charge is 0.0893 e. The summed E-state index contributed by atoms with van der Waals surface area (Å²) in [6.07, 6.45) is 10.1. The molecule has 0 saturated carbocycles. The highest BCUT2D eigenvalue weighted by molar-refractivity contribution is 4.95. The van der Waals surface area contributed by atoms with Gasteiger partial charge in [-0.2, -0.15) is 0 Å². The Kier molecular flexibility index (Phi) is 14.9. The fourth-order valence-electron chi connectivity index (χ4n) is 5.58. The van der Waals surface area contributed by atoms with Crippen LogP contribution in [0.1, 0.15) is 119 Å². The Bertz CT molecular complexity index is 555. The average Bonchev–Trinajstić information content (AvgIpc) is 3.54. The monoisotopic (exact) mass is 502 g/mol. The van der Waals surface area contributed by atoms with Crippen LogP contribution in [-0.4, -0.2) is 69.8 Å². The average molecular weight is 503 g/mol. The fraction of sp³-hybridized carbons (Fsp3) is 1.00. The molecule has 1 saturated heterocycles. The minimum absolute atomic E-state index is 0.0246. The lowest BCUT2D eigenvalue weighted by Gasteiger charge is -2.30. The van der Waals surface area contributed by atoms with Gasteiger partial charge in [0.15, 0.2) is 0 Å². The number of aliphatic hydroxyl groups is 4. The van der Waals surface area contributed by atoms with E-state index in [9.17, 15) is 15.3 Å². The molecule has 1 heterocycles. The van der Waals surface area contributed by atoms with Crippen molar-refractivity contribution in [1.82, 2.24) is 0 Å². The molecule has 9 atom stereocenters. The lowest BCUT2D eigenvalue weighted by Crippen LogP contribution is -2.29. The van der Waals surface area contributed by atoms with E-state index in [1.165, 1.54) is 12.8 Å². The fourth-order valence-corrected chi connectivity index (χ4v) is 5.58. The van der Waals surface area contributed by atoms with Gasteiger partial charge in [0.1, 0.15) is 0 Å². The first-order valence-corrected chi connectivity index (χ1v) is 14.3. The van der Waals surface area contributed by atoms with Gasteiger partial charge in [-0.05, 0) is 70.6 Å². The van der Waals surface area contributed by atoms with Crippen LogP contribution < -0.4 is 0 Å². The zero-order valence-corrected chi connectivity index (χ0v) is 23.8. The van der Waals surface area contributed by atoms with E-state index in [2.05, 4.69) is 20.8 Å². The topological polar surface area (TPSA) is 103 Å². The molecule has 0 aliphatic carbocycles. The van der Waals surface area contributed by atoms with Crippen LogP contribution in [0.4, 0.5) is 0 Å². The first kappa shape index (κ1) is 32.8. The van der Waals surface area contributed by atoms with E-state index in [-0.39, 0.29) is 36.4 Å². The number of ether oxygens (including phenoxy) is 2. The second kappa shape index (κ2) is 15.9. The first-order valence-electron chi connectivity index (χ1n) is 14.3. The number of rotatable bonds is 21. The lowest BCUT2D eigenvalue weighted by atomic mass is 9.85. The highest BCUT2D eigenvalue weighted by Gasteiger charge is 2.47. The van der Waals surface area contributed by atoms with Crippen molar-refractivity contribution in [2.45, 2.75) is 154 Å². The summed E-state index contributed by atoms with van der Waals surface area (Å²) >= 11 is 0. The molecule has 0 spiro atoms. The largest absolute Gasteiger partial charge is 0.396 e. The van der Waals surface area contributed by atoms with Gasteiger partial charge < -0.3 is 29.9 Å². The van der Waals surface area contributed by atoms with E-state index in [0.29, 0.717) is 31.1 Å². The number of aliphatic hydroxyl groups excluding tert-OH is 3. The molecular formula is C29H58O6. The van der Waals surface area contributed by atoms with Crippen LogP contribution in [0.15, 0.2) is 0 Å². The molecule has 0 amide bonds. The van der Waals surface area contributed by atoms with Crippen LogP contribution in [0.5, 0.6) is 0 Å². The summed E-state index contributed by atoms with van der Waals surface area (Å²) in [5.41, 5.74) is -0.930. The molecule has 4 N–H and O–H groups in total. The van der Waals surface area contributed by atoms with Gasteiger partial charge in [-0.15, -0.1) is 0 Å². The predicted molar refractivity (Wildman–Crippen MR) is 142 cm³/mol. The summed E-state index contributed by atoms with van der Waals surface area (Å²) in [6.45, 7) is 12.8. The van der Waals surface area contributed by atoms with E-state index in [1.807, 2.05) is 20.8 Å². The van der Waals surface area contributed by atoms with Gasteiger partial charge in [-0.1, -0.05) is 53.4 Å². The van der Waals surface area contributed by atoms with Gasteiger partial charge in [0.2, 0.25) is 0 Å². The van der Waals surface area contributed by atoms with Crippen LogP contribution >= 0.6 is 0 Å². The van der Waals surface area contributed by atoms with Crippen molar-refractivity contribution in [3.05, 3.63) is 0 Å². The SMILES string of the molecule is CCC(O)C(C)C1OC1CC(C)(O)CCCC(C)CC(C)CCCC(C)(CCC(O)CCO)OC. The summed E-state index contributed by atoms with van der Waals surface area (Å²) in [7, 11) is 1.75. The maximum Gasteiger partial charge on any atom is 0.0893 e. The second-order valence-corrected chi connectivity index (χ2v) is 12.3. The number of epoxide rings is 1. The maximum atomic E-state index is 10.9. The molecular weight excluding hydrogens is 444 g/mol. The van der Waals surface area contributed by atoms with Crippen LogP contribution in [-0.2, 0) is 9.47 Å². The Morgan fingerprint density at radius 2 is 1.51 bits per heavy atom. The zero-order chi connectivity index (χ0) is 26.6. The molecule has 0 radical (unpaired) electrons. The third-order valence-electron chi connectivity index (χ3n) is 8.39. The lowest BCUT2D eigenvalue weighted by molar-refractivity contribution is -0.0226. The van der Waals surface area contributed by atoms with Crippen molar-refractivity contribution in [1.29, 1.82) is 0 Å². The molecule has 0 bridgehead atoms. The predicted octanol–water partition coefficient (Wildman–Crippen LogP) is 5.23. The van der Waals surface area contributed by atoms with Gasteiger partial charge in [0, 0.05) is 26.1 Å². The molecule has 9 unspecified atom stereocenters. The van der Waals surface area contributed by atoms with Crippen molar-refractivity contribution >= 4 is 0 Å². The third kappa shape index (κ3) is 13.2. The van der Waals surface area contributed by atoms with E-state index in [1.54, 1.807) is 7.11 Å². The quantitative estimate of drug-likeness (QED) is 0.160. The molecule has 0 aromatic rings.